The zero-order valence-electron chi connectivity index (χ0n) is 19.0. The fraction of sp³-hybridized carbons (Fsp3) is 0.231. The molecule has 8 heteroatoms. The Labute approximate surface area is 197 Å². The molecule has 1 unspecified atom stereocenters. The van der Waals surface area contributed by atoms with Gasteiger partial charge in [-0.15, -0.1) is 0 Å². The largest absolute Gasteiger partial charge is 0.507 e. The summed E-state index contributed by atoms with van der Waals surface area (Å²) in [5.74, 6) is -0.834. The molecule has 0 spiro atoms. The van der Waals surface area contributed by atoms with Gasteiger partial charge in [-0.25, -0.2) is 0 Å². The third kappa shape index (κ3) is 4.47. The predicted molar refractivity (Wildman–Crippen MR) is 125 cm³/mol. The summed E-state index contributed by atoms with van der Waals surface area (Å²) in [7, 11) is 0. The minimum Gasteiger partial charge on any atom is -0.507 e. The second-order valence-corrected chi connectivity index (χ2v) is 7.59. The number of carbonyl (C=O) groups is 2. The number of rotatable bonds is 8. The van der Waals surface area contributed by atoms with Crippen molar-refractivity contribution in [1.29, 1.82) is 0 Å². The van der Waals surface area contributed by atoms with Gasteiger partial charge in [0.15, 0.2) is 0 Å². The normalized spacial score (nSPS) is 17.1. The molecule has 0 radical (unpaired) electrons. The van der Waals surface area contributed by atoms with Crippen LogP contribution in [0.25, 0.3) is 5.76 Å². The lowest BCUT2D eigenvalue weighted by Crippen LogP contribution is -2.29. The van der Waals surface area contributed by atoms with Gasteiger partial charge in [-0.1, -0.05) is 6.07 Å². The molecule has 0 bridgehead atoms. The molecule has 1 saturated heterocycles. The summed E-state index contributed by atoms with van der Waals surface area (Å²) < 4.78 is 11.3. The number of hydrogen-bond donors (Lipinski definition) is 1. The highest BCUT2D eigenvalue weighted by atomic mass is 16.5. The van der Waals surface area contributed by atoms with Crippen LogP contribution in [0, 0.1) is 0 Å². The van der Waals surface area contributed by atoms with Crippen LogP contribution in [0.2, 0.25) is 0 Å². The highest BCUT2D eigenvalue weighted by molar-refractivity contribution is 6.46. The first kappa shape index (κ1) is 23.0. The first-order valence-electron chi connectivity index (χ1n) is 11.0. The molecule has 1 N–H and O–H groups in total. The van der Waals surface area contributed by atoms with Crippen molar-refractivity contribution in [2.75, 3.05) is 13.2 Å². The lowest BCUT2D eigenvalue weighted by atomic mass is 9.95. The van der Waals surface area contributed by atoms with Crippen molar-refractivity contribution < 1.29 is 24.2 Å². The van der Waals surface area contributed by atoms with E-state index in [1.165, 1.54) is 4.90 Å². The number of likely N-dealkylation sites (tertiary alicyclic amines) is 1. The van der Waals surface area contributed by atoms with Gasteiger partial charge in [0.1, 0.15) is 17.3 Å². The topological polar surface area (TPSA) is 102 Å². The first-order chi connectivity index (χ1) is 16.5. The van der Waals surface area contributed by atoms with Gasteiger partial charge in [0.25, 0.3) is 11.7 Å². The number of aliphatic hydroxyl groups excluding tert-OH is 1. The number of pyridine rings is 2. The van der Waals surface area contributed by atoms with E-state index < -0.39 is 17.7 Å². The number of aliphatic hydroxyl groups is 1. The Kier molecular flexibility index (Phi) is 6.87. The van der Waals surface area contributed by atoms with Crippen LogP contribution in [-0.4, -0.2) is 44.9 Å². The third-order valence-electron chi connectivity index (χ3n) is 5.46. The van der Waals surface area contributed by atoms with E-state index in [1.54, 1.807) is 61.2 Å². The maximum absolute atomic E-state index is 13.2. The Bertz CT molecular complexity index is 1210. The van der Waals surface area contributed by atoms with Crippen LogP contribution in [-0.2, 0) is 16.1 Å². The van der Waals surface area contributed by atoms with Gasteiger partial charge in [0.05, 0.1) is 30.4 Å². The Hall–Kier alpha value is -4.20. The van der Waals surface area contributed by atoms with Gasteiger partial charge in [-0.2, -0.15) is 0 Å². The van der Waals surface area contributed by atoms with Crippen molar-refractivity contribution in [3.63, 3.8) is 0 Å². The number of hydrogen-bond acceptors (Lipinski definition) is 7. The average molecular weight is 460 g/mol. The molecule has 174 valence electrons. The van der Waals surface area contributed by atoms with E-state index in [0.29, 0.717) is 35.8 Å². The molecule has 1 aliphatic heterocycles. The van der Waals surface area contributed by atoms with E-state index in [1.807, 2.05) is 19.9 Å². The van der Waals surface area contributed by atoms with Crippen LogP contribution >= 0.6 is 0 Å². The molecule has 34 heavy (non-hydrogen) atoms. The van der Waals surface area contributed by atoms with Crippen molar-refractivity contribution in [2.45, 2.75) is 26.4 Å². The van der Waals surface area contributed by atoms with Crippen LogP contribution in [0.1, 0.15) is 36.6 Å². The second-order valence-electron chi connectivity index (χ2n) is 7.59. The predicted octanol–water partition coefficient (Wildman–Crippen LogP) is 3.90. The highest BCUT2D eigenvalue weighted by Gasteiger charge is 2.46. The molecular weight excluding hydrogens is 434 g/mol. The number of carbonyl (C=O) groups excluding carboxylic acids is 2. The Morgan fingerprint density at radius 3 is 2.44 bits per heavy atom. The minimum absolute atomic E-state index is 0.00907. The number of ketones is 1. The number of amides is 1. The molecule has 1 fully saturated rings. The fourth-order valence-electron chi connectivity index (χ4n) is 4.00. The number of benzene rings is 1. The van der Waals surface area contributed by atoms with E-state index in [-0.39, 0.29) is 17.9 Å². The summed E-state index contributed by atoms with van der Waals surface area (Å²) in [5, 5.41) is 11.4. The lowest BCUT2D eigenvalue weighted by Gasteiger charge is -2.25. The highest BCUT2D eigenvalue weighted by Crippen LogP contribution is 2.42. The van der Waals surface area contributed by atoms with Crippen LogP contribution in [0.4, 0.5) is 0 Å². The summed E-state index contributed by atoms with van der Waals surface area (Å²) in [5.41, 5.74) is 1.72. The van der Waals surface area contributed by atoms with Gasteiger partial charge in [0, 0.05) is 37.4 Å². The number of ether oxygens (including phenoxy) is 2. The van der Waals surface area contributed by atoms with Gasteiger partial charge < -0.3 is 19.5 Å². The van der Waals surface area contributed by atoms with Crippen molar-refractivity contribution in [2.24, 2.45) is 0 Å². The third-order valence-corrected chi connectivity index (χ3v) is 5.46. The average Bonchev–Trinajstić information content (AvgIpc) is 3.10. The van der Waals surface area contributed by atoms with Gasteiger partial charge in [-0.3, -0.25) is 19.6 Å². The maximum atomic E-state index is 13.2. The number of Topliss-reactive ketones (excluding diaryl/α,β-unsaturated/α-hetero) is 1. The lowest BCUT2D eigenvalue weighted by molar-refractivity contribution is -0.140. The summed E-state index contributed by atoms with van der Waals surface area (Å²) >= 11 is 0. The SMILES string of the molecule is CCOc1ccc(/C(O)=C2/C(=O)C(=O)N(Cc3cccnc3)C2c2ccncc2)c(OCC)c1. The molecule has 1 aromatic carbocycles. The minimum atomic E-state index is -0.802. The molecule has 1 atom stereocenters. The van der Waals surface area contributed by atoms with E-state index in [4.69, 9.17) is 9.47 Å². The summed E-state index contributed by atoms with van der Waals surface area (Å²) in [6, 6.07) is 11.2. The Balaban J connectivity index is 1.86. The van der Waals surface area contributed by atoms with E-state index in [9.17, 15) is 14.7 Å². The Morgan fingerprint density at radius 1 is 1.00 bits per heavy atom. The molecule has 1 amide bonds. The van der Waals surface area contributed by atoms with Crippen molar-refractivity contribution >= 4 is 17.4 Å². The molecule has 8 nitrogen and oxygen atoms in total. The van der Waals surface area contributed by atoms with E-state index >= 15 is 0 Å². The zero-order valence-corrected chi connectivity index (χ0v) is 19.0. The van der Waals surface area contributed by atoms with Gasteiger partial charge in [-0.05, 0) is 55.3 Å². The number of aromatic nitrogens is 2. The summed E-state index contributed by atoms with van der Waals surface area (Å²) in [4.78, 5) is 36.0. The maximum Gasteiger partial charge on any atom is 0.295 e. The van der Waals surface area contributed by atoms with Crippen LogP contribution in [0.15, 0.2) is 72.8 Å². The summed E-state index contributed by atoms with van der Waals surface area (Å²) in [6.45, 7) is 4.66. The van der Waals surface area contributed by atoms with Crippen molar-refractivity contribution in [1.82, 2.24) is 14.9 Å². The Morgan fingerprint density at radius 2 is 1.76 bits per heavy atom. The quantitative estimate of drug-likeness (QED) is 0.310. The molecular formula is C26H25N3O5. The fourth-order valence-corrected chi connectivity index (χ4v) is 4.00. The van der Waals surface area contributed by atoms with Crippen LogP contribution in [0.3, 0.4) is 0 Å². The smallest absolute Gasteiger partial charge is 0.295 e. The molecule has 3 heterocycles. The molecule has 1 aliphatic rings. The zero-order chi connectivity index (χ0) is 24.1. The first-order valence-corrected chi connectivity index (χ1v) is 11.0. The van der Waals surface area contributed by atoms with Crippen molar-refractivity contribution in [3.8, 4) is 11.5 Å². The monoisotopic (exact) mass is 459 g/mol. The van der Waals surface area contributed by atoms with Crippen LogP contribution in [0.5, 0.6) is 11.5 Å². The van der Waals surface area contributed by atoms with E-state index in [0.717, 1.165) is 5.56 Å². The standard InChI is InChI=1S/C26H25N3O5/c1-3-33-19-7-8-20(21(14-19)34-4-2)24(30)22-23(18-9-12-27-13-10-18)29(26(32)25(22)31)16-17-6-5-11-28-15-17/h5-15,23,30H,3-4,16H2,1-2H3/b24-22-. The second kappa shape index (κ2) is 10.2. The molecule has 0 aliphatic carbocycles. The van der Waals surface area contributed by atoms with Gasteiger partial charge >= 0.3 is 0 Å². The van der Waals surface area contributed by atoms with E-state index in [2.05, 4.69) is 9.97 Å². The molecule has 2 aromatic heterocycles. The molecule has 0 saturated carbocycles. The number of nitrogens with zero attached hydrogens (tertiary/aromatic N) is 3. The van der Waals surface area contributed by atoms with Crippen molar-refractivity contribution in [3.05, 3.63) is 89.5 Å². The summed E-state index contributed by atoms with van der Waals surface area (Å²) in [6.07, 6.45) is 6.45. The molecule has 4 rings (SSSR count). The van der Waals surface area contributed by atoms with Crippen LogP contribution < -0.4 is 9.47 Å². The molecule has 3 aromatic rings. The van der Waals surface area contributed by atoms with Gasteiger partial charge in [0.2, 0.25) is 0 Å².